The van der Waals surface area contributed by atoms with E-state index in [9.17, 15) is 4.79 Å². The van der Waals surface area contributed by atoms with E-state index < -0.39 is 0 Å². The molecule has 2 atom stereocenters. The van der Waals surface area contributed by atoms with E-state index in [0.29, 0.717) is 11.9 Å². The van der Waals surface area contributed by atoms with Crippen LogP contribution in [0.5, 0.6) is 5.75 Å². The number of amides is 1. The number of hydrogen-bond acceptors (Lipinski definition) is 4. The van der Waals surface area contributed by atoms with Crippen molar-refractivity contribution >= 4 is 5.91 Å². The number of likely N-dealkylation sites (tertiary alicyclic amines) is 1. The van der Waals surface area contributed by atoms with E-state index in [4.69, 9.17) is 4.74 Å². The highest BCUT2D eigenvalue weighted by atomic mass is 16.5. The Morgan fingerprint density at radius 2 is 1.86 bits per heavy atom. The summed E-state index contributed by atoms with van der Waals surface area (Å²) in [6, 6.07) is 8.73. The van der Waals surface area contributed by atoms with Crippen molar-refractivity contribution in [1.29, 1.82) is 0 Å². The predicted molar refractivity (Wildman–Crippen MR) is 116 cm³/mol. The third-order valence-corrected chi connectivity index (χ3v) is 6.93. The van der Waals surface area contributed by atoms with Crippen molar-refractivity contribution in [3.05, 3.63) is 29.8 Å². The summed E-state index contributed by atoms with van der Waals surface area (Å²) in [4.78, 5) is 19.8. The fourth-order valence-corrected chi connectivity index (χ4v) is 5.14. The van der Waals surface area contributed by atoms with Crippen LogP contribution >= 0.6 is 0 Å². The minimum atomic E-state index is -0.0399. The van der Waals surface area contributed by atoms with Crippen molar-refractivity contribution in [2.75, 3.05) is 39.3 Å². The van der Waals surface area contributed by atoms with Gasteiger partial charge in [-0.15, -0.1) is 0 Å². The van der Waals surface area contributed by atoms with Gasteiger partial charge in [-0.25, -0.2) is 0 Å². The lowest BCUT2D eigenvalue weighted by Gasteiger charge is -2.41. The first-order valence-corrected chi connectivity index (χ1v) is 11.7. The molecule has 0 spiro atoms. The summed E-state index contributed by atoms with van der Waals surface area (Å²) in [6.07, 6.45) is 8.71. The molecule has 1 aromatic rings. The van der Waals surface area contributed by atoms with Gasteiger partial charge in [-0.2, -0.15) is 0 Å². The van der Waals surface area contributed by atoms with Gasteiger partial charge in [0, 0.05) is 31.2 Å². The van der Waals surface area contributed by atoms with Crippen LogP contribution in [0.15, 0.2) is 24.3 Å². The molecular formula is C24H37N3O2. The number of rotatable bonds is 8. The topological polar surface area (TPSA) is 36.0 Å². The number of carbonyl (C=O) groups excluding carboxylic acids is 1. The van der Waals surface area contributed by atoms with Crippen molar-refractivity contribution in [1.82, 2.24) is 14.7 Å². The van der Waals surface area contributed by atoms with Crippen molar-refractivity contribution in [3.8, 4) is 5.75 Å². The first-order chi connectivity index (χ1) is 14.2. The Balaban J connectivity index is 1.27. The van der Waals surface area contributed by atoms with Crippen LogP contribution in [-0.2, 0) is 11.3 Å². The number of ether oxygens (including phenoxy) is 1. The number of unbranched alkanes of at least 4 members (excludes halogenated alkanes) is 1. The molecule has 3 saturated heterocycles. The maximum absolute atomic E-state index is 12.7. The Bertz CT molecular complexity index is 674. The fraction of sp³-hybridized carbons (Fsp3) is 0.708. The van der Waals surface area contributed by atoms with E-state index in [1.165, 1.54) is 50.9 Å². The zero-order chi connectivity index (χ0) is 20.1. The lowest BCUT2D eigenvalue weighted by atomic mass is 10.1. The summed E-state index contributed by atoms with van der Waals surface area (Å²) in [5.74, 6) is 1.29. The van der Waals surface area contributed by atoms with Crippen LogP contribution in [0.25, 0.3) is 0 Å². The Labute approximate surface area is 176 Å². The zero-order valence-electron chi connectivity index (χ0n) is 18.0. The highest BCUT2D eigenvalue weighted by Crippen LogP contribution is 2.28. The van der Waals surface area contributed by atoms with Crippen LogP contribution in [-0.4, -0.2) is 72.0 Å². The smallest absolute Gasteiger partial charge is 0.239 e. The number of hydrogen-bond donors (Lipinski definition) is 0. The molecule has 5 heteroatoms. The van der Waals surface area contributed by atoms with Gasteiger partial charge in [-0.05, 0) is 71.1 Å². The molecule has 3 aliphatic rings. The van der Waals surface area contributed by atoms with Crippen LogP contribution in [0.2, 0.25) is 0 Å². The normalized spacial score (nSPS) is 26.0. The third-order valence-electron chi connectivity index (χ3n) is 6.93. The van der Waals surface area contributed by atoms with Gasteiger partial charge in [0.05, 0.1) is 12.6 Å². The van der Waals surface area contributed by atoms with Crippen molar-refractivity contribution in [2.24, 2.45) is 0 Å². The van der Waals surface area contributed by atoms with E-state index in [2.05, 4.69) is 45.9 Å². The molecule has 4 rings (SSSR count). The van der Waals surface area contributed by atoms with Crippen LogP contribution < -0.4 is 4.74 Å². The molecule has 3 fully saturated rings. The van der Waals surface area contributed by atoms with Gasteiger partial charge in [0.15, 0.2) is 0 Å². The van der Waals surface area contributed by atoms with Gasteiger partial charge >= 0.3 is 0 Å². The number of piperazine rings is 1. The molecule has 160 valence electrons. The summed E-state index contributed by atoms with van der Waals surface area (Å²) >= 11 is 0. The van der Waals surface area contributed by atoms with Crippen molar-refractivity contribution in [2.45, 2.75) is 70.5 Å². The summed E-state index contributed by atoms with van der Waals surface area (Å²) in [6.45, 7) is 9.30. The number of fused-ring (bicyclic) bond motifs is 1. The van der Waals surface area contributed by atoms with Gasteiger partial charge < -0.3 is 14.5 Å². The Hall–Kier alpha value is -1.59. The molecule has 0 radical (unpaired) electrons. The number of para-hydroxylation sites is 1. The molecule has 0 aliphatic carbocycles. The van der Waals surface area contributed by atoms with Crippen LogP contribution in [0.3, 0.4) is 0 Å². The predicted octanol–water partition coefficient (Wildman–Crippen LogP) is 3.53. The third kappa shape index (κ3) is 5.13. The summed E-state index contributed by atoms with van der Waals surface area (Å²) < 4.78 is 6.18. The summed E-state index contributed by atoms with van der Waals surface area (Å²) in [7, 11) is 0. The number of carbonyl (C=O) groups is 1. The Morgan fingerprint density at radius 3 is 2.72 bits per heavy atom. The maximum Gasteiger partial charge on any atom is 0.239 e. The van der Waals surface area contributed by atoms with Crippen LogP contribution in [0.1, 0.15) is 57.4 Å². The molecule has 5 nitrogen and oxygen atoms in total. The van der Waals surface area contributed by atoms with E-state index in [1.807, 2.05) is 0 Å². The molecule has 29 heavy (non-hydrogen) atoms. The van der Waals surface area contributed by atoms with Crippen LogP contribution in [0, 0.1) is 0 Å². The first kappa shape index (κ1) is 20.7. The second kappa shape index (κ2) is 9.94. The molecule has 0 unspecified atom stereocenters. The second-order valence-corrected chi connectivity index (χ2v) is 9.00. The molecule has 0 N–H and O–H groups in total. The Morgan fingerprint density at radius 1 is 1.03 bits per heavy atom. The molecule has 0 bridgehead atoms. The second-order valence-electron chi connectivity index (χ2n) is 9.00. The van der Waals surface area contributed by atoms with E-state index in [1.54, 1.807) is 0 Å². The fourth-order valence-electron chi connectivity index (χ4n) is 5.14. The summed E-state index contributed by atoms with van der Waals surface area (Å²) in [5.41, 5.74) is 1.20. The van der Waals surface area contributed by atoms with Gasteiger partial charge in [-0.3, -0.25) is 9.69 Å². The molecular weight excluding hydrogens is 362 g/mol. The molecule has 0 saturated carbocycles. The number of piperidine rings is 1. The average Bonchev–Trinajstić information content (AvgIpc) is 3.22. The zero-order valence-corrected chi connectivity index (χ0v) is 18.0. The maximum atomic E-state index is 12.7. The minimum absolute atomic E-state index is 0.0399. The minimum Gasteiger partial charge on any atom is -0.493 e. The molecule has 3 aliphatic heterocycles. The molecule has 1 aromatic carbocycles. The van der Waals surface area contributed by atoms with E-state index >= 15 is 0 Å². The molecule has 1 amide bonds. The number of nitrogens with zero attached hydrogens (tertiary/aromatic N) is 3. The largest absolute Gasteiger partial charge is 0.493 e. The van der Waals surface area contributed by atoms with Gasteiger partial charge in [0.1, 0.15) is 5.75 Å². The number of benzene rings is 1. The highest BCUT2D eigenvalue weighted by molar-refractivity contribution is 5.83. The Kier molecular flexibility index (Phi) is 7.09. The van der Waals surface area contributed by atoms with Crippen LogP contribution in [0.4, 0.5) is 0 Å². The first-order valence-electron chi connectivity index (χ1n) is 11.7. The van der Waals surface area contributed by atoms with E-state index in [0.717, 1.165) is 51.3 Å². The molecule has 3 heterocycles. The van der Waals surface area contributed by atoms with Gasteiger partial charge in [-0.1, -0.05) is 24.6 Å². The van der Waals surface area contributed by atoms with Crippen molar-refractivity contribution in [3.63, 3.8) is 0 Å². The van der Waals surface area contributed by atoms with Crippen molar-refractivity contribution < 1.29 is 9.53 Å². The van der Waals surface area contributed by atoms with Gasteiger partial charge in [0.2, 0.25) is 5.91 Å². The highest BCUT2D eigenvalue weighted by Gasteiger charge is 2.40. The lowest BCUT2D eigenvalue weighted by Crippen LogP contribution is -2.58. The average molecular weight is 400 g/mol. The standard InChI is InChI=1S/C24H37N3O2/c1-20-24(28)27-16-9-11-22(27)19-26(20)18-21-10-3-4-12-23(21)29-17-8-7-15-25-13-5-2-6-14-25/h3-4,10,12,20,22H,2,5-9,11,13-19H2,1H3/t20-,22+/m0/s1. The quantitative estimate of drug-likeness (QED) is 0.627. The summed E-state index contributed by atoms with van der Waals surface area (Å²) in [5, 5.41) is 0. The van der Waals surface area contributed by atoms with Gasteiger partial charge in [0.25, 0.3) is 0 Å². The lowest BCUT2D eigenvalue weighted by molar-refractivity contribution is -0.143. The monoisotopic (exact) mass is 399 g/mol. The van der Waals surface area contributed by atoms with E-state index in [-0.39, 0.29) is 6.04 Å². The molecule has 0 aromatic heterocycles. The SMILES string of the molecule is C[C@H]1C(=O)N2CCC[C@@H]2CN1Cc1ccccc1OCCCCN1CCCCC1.